The molecule has 0 spiro atoms. The molecule has 1 aliphatic carbocycles. The first-order valence-electron chi connectivity index (χ1n) is 12.8. The summed E-state index contributed by atoms with van der Waals surface area (Å²) in [5.41, 5.74) is 4.68. The smallest absolute Gasteiger partial charge is 0.318 e. The van der Waals surface area contributed by atoms with Crippen molar-refractivity contribution in [2.75, 3.05) is 6.61 Å². The molecule has 0 unspecified atom stereocenters. The quantitative estimate of drug-likeness (QED) is 0.180. The van der Waals surface area contributed by atoms with E-state index in [1.54, 1.807) is 19.1 Å². The van der Waals surface area contributed by atoms with E-state index in [0.717, 1.165) is 24.1 Å². The van der Waals surface area contributed by atoms with Crippen LogP contribution in [-0.4, -0.2) is 28.6 Å². The van der Waals surface area contributed by atoms with Crippen molar-refractivity contribution in [3.8, 4) is 17.2 Å². The summed E-state index contributed by atoms with van der Waals surface area (Å²) in [6, 6.07) is 16.3. The number of nitrogens with zero attached hydrogens (tertiary/aromatic N) is 3. The van der Waals surface area contributed by atoms with E-state index in [2.05, 4.69) is 55.6 Å². The molecule has 1 saturated carbocycles. The van der Waals surface area contributed by atoms with Crippen molar-refractivity contribution in [1.82, 2.24) is 5.43 Å². The van der Waals surface area contributed by atoms with Crippen molar-refractivity contribution in [3.63, 3.8) is 0 Å². The summed E-state index contributed by atoms with van der Waals surface area (Å²) in [6.07, 6.45) is 2.24. The van der Waals surface area contributed by atoms with Crippen LogP contribution in [0.2, 0.25) is 0 Å². The predicted octanol–water partition coefficient (Wildman–Crippen LogP) is 6.25. The molecule has 40 heavy (non-hydrogen) atoms. The number of hydrogen-bond donors (Lipinski definition) is 1. The third-order valence-electron chi connectivity index (χ3n) is 6.56. The Morgan fingerprint density at radius 3 is 2.33 bits per heavy atom. The zero-order valence-electron chi connectivity index (χ0n) is 22.6. The Bertz CT molecular complexity index is 1460. The van der Waals surface area contributed by atoms with E-state index >= 15 is 0 Å². The molecule has 0 aromatic heterocycles. The topological polar surface area (TPSA) is 146 Å². The molecule has 2 atom stereocenters. The molecule has 0 radical (unpaired) electrons. The van der Waals surface area contributed by atoms with Gasteiger partial charge in [-0.15, -0.1) is 0 Å². The van der Waals surface area contributed by atoms with Crippen molar-refractivity contribution in [1.29, 1.82) is 0 Å². The molecule has 11 heteroatoms. The maximum atomic E-state index is 12.6. The van der Waals surface area contributed by atoms with Crippen molar-refractivity contribution in [2.45, 2.75) is 45.4 Å². The molecule has 3 aromatic rings. The van der Waals surface area contributed by atoms with Gasteiger partial charge < -0.3 is 9.47 Å². The largest absolute Gasteiger partial charge is 0.490 e. The summed E-state index contributed by atoms with van der Waals surface area (Å²) >= 11 is 0. The maximum absolute atomic E-state index is 12.6. The lowest BCUT2D eigenvalue weighted by Gasteiger charge is -2.19. The molecule has 1 aliphatic rings. The Balaban J connectivity index is 1.41. The molecular formula is C29H30N4O7. The normalized spacial score (nSPS) is 16.4. The van der Waals surface area contributed by atoms with Gasteiger partial charge in [0.05, 0.1) is 28.7 Å². The molecule has 0 heterocycles. The Labute approximate surface area is 231 Å². The number of ether oxygens (including phenoxy) is 2. The highest BCUT2D eigenvalue weighted by atomic mass is 16.6. The van der Waals surface area contributed by atoms with E-state index in [0.29, 0.717) is 5.56 Å². The van der Waals surface area contributed by atoms with Crippen LogP contribution in [-0.2, 0) is 10.2 Å². The zero-order chi connectivity index (χ0) is 29.0. The van der Waals surface area contributed by atoms with Crippen molar-refractivity contribution in [3.05, 3.63) is 97.6 Å². The summed E-state index contributed by atoms with van der Waals surface area (Å²) in [6.45, 7) is 8.54. The third-order valence-corrected chi connectivity index (χ3v) is 6.56. The third kappa shape index (κ3) is 6.60. The number of nitrogens with one attached hydrogen (secondary N) is 1. The molecule has 1 amide bonds. The molecule has 0 aliphatic heterocycles. The van der Waals surface area contributed by atoms with Crippen LogP contribution in [0.15, 0.2) is 65.8 Å². The average Bonchev–Trinajstić information content (AvgIpc) is 3.71. The Hall–Kier alpha value is -4.80. The highest BCUT2D eigenvalue weighted by Gasteiger charge is 2.44. The van der Waals surface area contributed by atoms with Crippen LogP contribution in [0.1, 0.15) is 56.7 Å². The van der Waals surface area contributed by atoms with Gasteiger partial charge in [-0.3, -0.25) is 25.0 Å². The van der Waals surface area contributed by atoms with Gasteiger partial charge in [0.2, 0.25) is 11.7 Å². The second kappa shape index (κ2) is 11.5. The second-order valence-electron chi connectivity index (χ2n) is 10.5. The molecule has 1 fully saturated rings. The Morgan fingerprint density at radius 2 is 1.70 bits per heavy atom. The number of hydrogen-bond acceptors (Lipinski definition) is 8. The fraction of sp³-hybridized carbons (Fsp3) is 0.310. The van der Waals surface area contributed by atoms with E-state index < -0.39 is 21.2 Å². The summed E-state index contributed by atoms with van der Waals surface area (Å²) in [4.78, 5) is 33.6. The van der Waals surface area contributed by atoms with Gasteiger partial charge in [-0.05, 0) is 65.6 Å². The van der Waals surface area contributed by atoms with Gasteiger partial charge in [-0.25, -0.2) is 5.43 Å². The monoisotopic (exact) mass is 546 g/mol. The van der Waals surface area contributed by atoms with Gasteiger partial charge >= 0.3 is 5.69 Å². The van der Waals surface area contributed by atoms with Gasteiger partial charge in [0.25, 0.3) is 5.69 Å². The minimum Gasteiger partial charge on any atom is -0.490 e. The Kier molecular flexibility index (Phi) is 8.13. The first-order chi connectivity index (χ1) is 19.0. The lowest BCUT2D eigenvalue weighted by Crippen LogP contribution is -2.20. The predicted molar refractivity (Wildman–Crippen MR) is 149 cm³/mol. The standard InChI is InChI=1S/C29H30N4O7/c1-5-39-27-14-18(6-12-26(27)40-25-13-11-21(32(35)36)15-24(25)33(37)38)17-30-31-28(34)23-16-22(23)19-7-9-20(10-8-19)29(2,3)4/h6-15,17,22-23H,5,16H2,1-4H3,(H,31,34)/b30-17-/t22-,23-/m0/s1. The van der Waals surface area contributed by atoms with Crippen LogP contribution in [0.25, 0.3) is 0 Å². The molecule has 11 nitrogen and oxygen atoms in total. The van der Waals surface area contributed by atoms with Crippen LogP contribution in [0.5, 0.6) is 17.2 Å². The summed E-state index contributed by atoms with van der Waals surface area (Å²) in [7, 11) is 0. The molecule has 208 valence electrons. The minimum absolute atomic E-state index is 0.0720. The van der Waals surface area contributed by atoms with Gasteiger partial charge in [0.15, 0.2) is 11.5 Å². The maximum Gasteiger partial charge on any atom is 0.318 e. The van der Waals surface area contributed by atoms with E-state index in [9.17, 15) is 25.0 Å². The molecule has 1 N–H and O–H groups in total. The summed E-state index contributed by atoms with van der Waals surface area (Å²) < 4.78 is 11.3. The molecule has 3 aromatic carbocycles. The fourth-order valence-corrected chi connectivity index (χ4v) is 4.26. The number of nitro benzene ring substituents is 2. The number of benzene rings is 3. The molecule has 0 saturated heterocycles. The van der Waals surface area contributed by atoms with Gasteiger partial charge in [0.1, 0.15) is 0 Å². The van der Waals surface area contributed by atoms with Crippen LogP contribution in [0.3, 0.4) is 0 Å². The second-order valence-corrected chi connectivity index (χ2v) is 10.5. The molecular weight excluding hydrogens is 516 g/mol. The number of hydrazone groups is 1. The number of nitro groups is 2. The lowest BCUT2D eigenvalue weighted by molar-refractivity contribution is -0.394. The highest BCUT2D eigenvalue weighted by molar-refractivity contribution is 5.86. The molecule has 0 bridgehead atoms. The first kappa shape index (κ1) is 28.2. The van der Waals surface area contributed by atoms with Crippen LogP contribution in [0, 0.1) is 26.1 Å². The number of amides is 1. The van der Waals surface area contributed by atoms with E-state index in [1.165, 1.54) is 23.9 Å². The molecule has 4 rings (SSSR count). The van der Waals surface area contributed by atoms with Crippen LogP contribution in [0.4, 0.5) is 11.4 Å². The van der Waals surface area contributed by atoms with E-state index in [4.69, 9.17) is 9.47 Å². The SMILES string of the molecule is CCOc1cc(/C=N\NC(=O)[C@H]2C[C@H]2c2ccc(C(C)(C)C)cc2)ccc1Oc1ccc([N+](=O)[O-])cc1[N+](=O)[O-]. The number of carbonyl (C=O) groups excluding carboxylic acids is 1. The Morgan fingerprint density at radius 1 is 1.00 bits per heavy atom. The van der Waals surface area contributed by atoms with Gasteiger partial charge in [0, 0.05) is 12.0 Å². The van der Waals surface area contributed by atoms with Crippen molar-refractivity contribution >= 4 is 23.5 Å². The van der Waals surface area contributed by atoms with E-state index in [-0.39, 0.29) is 47.0 Å². The lowest BCUT2D eigenvalue weighted by atomic mass is 9.86. The zero-order valence-corrected chi connectivity index (χ0v) is 22.6. The van der Waals surface area contributed by atoms with E-state index in [1.807, 2.05) is 0 Å². The first-order valence-corrected chi connectivity index (χ1v) is 12.8. The fourth-order valence-electron chi connectivity index (χ4n) is 4.26. The van der Waals surface area contributed by atoms with Crippen LogP contribution < -0.4 is 14.9 Å². The van der Waals surface area contributed by atoms with Gasteiger partial charge in [-0.1, -0.05) is 45.0 Å². The van der Waals surface area contributed by atoms with Crippen molar-refractivity contribution in [2.24, 2.45) is 11.0 Å². The summed E-state index contributed by atoms with van der Waals surface area (Å²) in [5.74, 6) is 0.178. The summed E-state index contributed by atoms with van der Waals surface area (Å²) in [5, 5.41) is 26.5. The number of rotatable bonds is 10. The number of non-ortho nitro benzene ring substituents is 1. The van der Waals surface area contributed by atoms with Crippen molar-refractivity contribution < 1.29 is 24.1 Å². The number of carbonyl (C=O) groups is 1. The van der Waals surface area contributed by atoms with Gasteiger partial charge in [-0.2, -0.15) is 5.10 Å². The average molecular weight is 547 g/mol. The highest BCUT2D eigenvalue weighted by Crippen LogP contribution is 2.47. The van der Waals surface area contributed by atoms with Crippen LogP contribution >= 0.6 is 0 Å². The minimum atomic E-state index is -0.752.